The summed E-state index contributed by atoms with van der Waals surface area (Å²) in [6.45, 7) is 1.98. The zero-order valence-corrected chi connectivity index (χ0v) is 13.5. The van der Waals surface area contributed by atoms with Gasteiger partial charge in [0.15, 0.2) is 5.03 Å². The molecule has 0 saturated heterocycles. The van der Waals surface area contributed by atoms with E-state index in [1.165, 1.54) is 18.1 Å². The maximum absolute atomic E-state index is 11.5. The molecular weight excluding hydrogens is 326 g/mol. The summed E-state index contributed by atoms with van der Waals surface area (Å²) in [5.41, 5.74) is 1.63. The molecular formula is C16H13N5O2S. The second-order valence-electron chi connectivity index (χ2n) is 4.91. The van der Waals surface area contributed by atoms with Crippen LogP contribution in [0.15, 0.2) is 65.0 Å². The van der Waals surface area contributed by atoms with Crippen LogP contribution in [-0.4, -0.2) is 19.9 Å². The van der Waals surface area contributed by atoms with Crippen LogP contribution in [0.25, 0.3) is 0 Å². The minimum atomic E-state index is -0.472. The summed E-state index contributed by atoms with van der Waals surface area (Å²) in [5.74, 6) is 0.149. The van der Waals surface area contributed by atoms with Crippen molar-refractivity contribution in [3.8, 4) is 0 Å². The predicted molar refractivity (Wildman–Crippen MR) is 91.5 cm³/mol. The number of rotatable bonds is 5. The van der Waals surface area contributed by atoms with Crippen molar-refractivity contribution < 1.29 is 4.92 Å². The van der Waals surface area contributed by atoms with Crippen molar-refractivity contribution in [3.05, 3.63) is 70.8 Å². The van der Waals surface area contributed by atoms with Gasteiger partial charge in [0, 0.05) is 23.0 Å². The zero-order valence-electron chi connectivity index (χ0n) is 12.7. The summed E-state index contributed by atoms with van der Waals surface area (Å²) < 4.78 is 0. The number of nitro groups is 1. The quantitative estimate of drug-likeness (QED) is 0.427. The van der Waals surface area contributed by atoms with E-state index in [1.54, 1.807) is 24.5 Å². The Kier molecular flexibility index (Phi) is 4.66. The average molecular weight is 339 g/mol. The molecule has 0 unspecified atom stereocenters. The molecule has 3 aromatic rings. The molecule has 1 aromatic carbocycles. The van der Waals surface area contributed by atoms with Crippen LogP contribution in [-0.2, 0) is 0 Å². The van der Waals surface area contributed by atoms with E-state index in [9.17, 15) is 10.1 Å². The van der Waals surface area contributed by atoms with E-state index in [0.29, 0.717) is 5.69 Å². The first-order valence-corrected chi connectivity index (χ1v) is 7.86. The number of nitrogens with one attached hydrogen (secondary N) is 1. The van der Waals surface area contributed by atoms with Crippen LogP contribution in [0.3, 0.4) is 0 Å². The van der Waals surface area contributed by atoms with Crippen LogP contribution in [0, 0.1) is 17.0 Å². The van der Waals surface area contributed by atoms with Gasteiger partial charge in [-0.25, -0.2) is 9.97 Å². The maximum Gasteiger partial charge on any atom is 0.343 e. The molecule has 0 radical (unpaired) electrons. The van der Waals surface area contributed by atoms with Gasteiger partial charge in [0.1, 0.15) is 6.33 Å². The number of hydrogen-bond donors (Lipinski definition) is 1. The fourth-order valence-electron chi connectivity index (χ4n) is 1.98. The fraction of sp³-hybridized carbons (Fsp3) is 0.0625. The smallest absolute Gasteiger partial charge is 0.334 e. The topological polar surface area (TPSA) is 93.8 Å². The Morgan fingerprint density at radius 1 is 1.08 bits per heavy atom. The molecule has 0 atom stereocenters. The van der Waals surface area contributed by atoms with Crippen LogP contribution in [0.4, 0.5) is 17.2 Å². The van der Waals surface area contributed by atoms with Crippen molar-refractivity contribution in [1.29, 1.82) is 0 Å². The second kappa shape index (κ2) is 7.05. The zero-order chi connectivity index (χ0) is 16.9. The van der Waals surface area contributed by atoms with Crippen molar-refractivity contribution in [2.75, 3.05) is 5.32 Å². The van der Waals surface area contributed by atoms with Gasteiger partial charge >= 0.3 is 5.69 Å². The number of nitrogens with zero attached hydrogens (tertiary/aromatic N) is 4. The monoisotopic (exact) mass is 339 g/mol. The van der Waals surface area contributed by atoms with Crippen molar-refractivity contribution in [3.63, 3.8) is 0 Å². The third-order valence-electron chi connectivity index (χ3n) is 3.15. The predicted octanol–water partition coefficient (Wildman–Crippen LogP) is 3.98. The number of pyridine rings is 1. The molecule has 2 heterocycles. The van der Waals surface area contributed by atoms with Crippen LogP contribution in [0.1, 0.15) is 5.56 Å². The van der Waals surface area contributed by atoms with Crippen molar-refractivity contribution in [2.45, 2.75) is 16.8 Å². The summed E-state index contributed by atoms with van der Waals surface area (Å²) in [6.07, 6.45) is 4.50. The van der Waals surface area contributed by atoms with Crippen LogP contribution >= 0.6 is 11.8 Å². The number of anilines is 2. The molecule has 120 valence electrons. The summed E-state index contributed by atoms with van der Waals surface area (Å²) >= 11 is 1.23. The second-order valence-corrected chi connectivity index (χ2v) is 5.97. The molecule has 0 aliphatic rings. The normalized spacial score (nSPS) is 10.4. The Labute approximate surface area is 142 Å². The average Bonchev–Trinajstić information content (AvgIpc) is 2.58. The van der Waals surface area contributed by atoms with Crippen LogP contribution in [0.5, 0.6) is 0 Å². The van der Waals surface area contributed by atoms with Gasteiger partial charge in [-0.2, -0.15) is 0 Å². The first-order chi connectivity index (χ1) is 11.6. The first-order valence-electron chi connectivity index (χ1n) is 7.04. The standard InChI is InChI=1S/C16H13N5O2S/c1-11-2-4-13(5-3-11)24-16-14(21(22)23)15(18-10-19-16)20-12-6-8-17-9-7-12/h2-10H,1H3,(H,17,18,19,20). The fourth-order valence-corrected chi connectivity index (χ4v) is 2.85. The summed E-state index contributed by atoms with van der Waals surface area (Å²) in [7, 11) is 0. The lowest BCUT2D eigenvalue weighted by atomic mass is 10.2. The summed E-state index contributed by atoms with van der Waals surface area (Å²) in [6, 6.07) is 11.1. The van der Waals surface area contributed by atoms with E-state index in [-0.39, 0.29) is 16.5 Å². The molecule has 24 heavy (non-hydrogen) atoms. The number of benzene rings is 1. The summed E-state index contributed by atoms with van der Waals surface area (Å²) in [4.78, 5) is 23.9. The molecule has 0 aliphatic heterocycles. The molecule has 0 aliphatic carbocycles. The van der Waals surface area contributed by atoms with Gasteiger partial charge in [-0.3, -0.25) is 15.1 Å². The van der Waals surface area contributed by atoms with E-state index in [1.807, 2.05) is 31.2 Å². The van der Waals surface area contributed by atoms with E-state index < -0.39 is 4.92 Å². The Morgan fingerprint density at radius 3 is 2.46 bits per heavy atom. The molecule has 0 fully saturated rings. The molecule has 3 rings (SSSR count). The third kappa shape index (κ3) is 3.66. The van der Waals surface area contributed by atoms with Gasteiger partial charge in [0.2, 0.25) is 5.82 Å². The van der Waals surface area contributed by atoms with Gasteiger partial charge in [-0.05, 0) is 31.2 Å². The molecule has 0 spiro atoms. The molecule has 7 nitrogen and oxygen atoms in total. The molecule has 0 amide bonds. The number of hydrogen-bond acceptors (Lipinski definition) is 7. The van der Waals surface area contributed by atoms with E-state index in [4.69, 9.17) is 0 Å². The third-order valence-corrected chi connectivity index (χ3v) is 4.15. The Balaban J connectivity index is 1.96. The Bertz CT molecular complexity index is 856. The van der Waals surface area contributed by atoms with Gasteiger partial charge in [0.25, 0.3) is 0 Å². The largest absolute Gasteiger partial charge is 0.343 e. The molecule has 0 bridgehead atoms. The Hall–Kier alpha value is -3.00. The molecule has 0 saturated carbocycles. The number of aryl methyl sites for hydroxylation is 1. The van der Waals surface area contributed by atoms with Crippen molar-refractivity contribution >= 4 is 29.0 Å². The Morgan fingerprint density at radius 2 is 1.79 bits per heavy atom. The SMILES string of the molecule is Cc1ccc(Sc2ncnc(Nc3ccncc3)c2[N+](=O)[O-])cc1. The maximum atomic E-state index is 11.5. The van der Waals surface area contributed by atoms with E-state index in [0.717, 1.165) is 10.5 Å². The highest BCUT2D eigenvalue weighted by molar-refractivity contribution is 7.99. The minimum Gasteiger partial charge on any atom is -0.334 e. The highest BCUT2D eigenvalue weighted by Crippen LogP contribution is 2.37. The van der Waals surface area contributed by atoms with Crippen molar-refractivity contribution in [1.82, 2.24) is 15.0 Å². The lowest BCUT2D eigenvalue weighted by molar-refractivity contribution is -0.387. The van der Waals surface area contributed by atoms with Crippen LogP contribution < -0.4 is 5.32 Å². The van der Waals surface area contributed by atoms with Crippen molar-refractivity contribution in [2.24, 2.45) is 0 Å². The van der Waals surface area contributed by atoms with E-state index >= 15 is 0 Å². The lowest BCUT2D eigenvalue weighted by Crippen LogP contribution is -2.02. The molecule has 1 N–H and O–H groups in total. The van der Waals surface area contributed by atoms with E-state index in [2.05, 4.69) is 20.3 Å². The molecule has 2 aromatic heterocycles. The number of aromatic nitrogens is 3. The van der Waals surface area contributed by atoms with Gasteiger partial charge in [-0.1, -0.05) is 29.5 Å². The van der Waals surface area contributed by atoms with Gasteiger partial charge in [-0.15, -0.1) is 0 Å². The van der Waals surface area contributed by atoms with Gasteiger partial charge in [0.05, 0.1) is 4.92 Å². The van der Waals surface area contributed by atoms with Gasteiger partial charge < -0.3 is 5.32 Å². The summed E-state index contributed by atoms with van der Waals surface area (Å²) in [5, 5.41) is 14.8. The highest BCUT2D eigenvalue weighted by atomic mass is 32.2. The molecule has 8 heteroatoms. The lowest BCUT2D eigenvalue weighted by Gasteiger charge is -2.08. The minimum absolute atomic E-state index is 0.149. The first kappa shape index (κ1) is 15.9. The van der Waals surface area contributed by atoms with Crippen LogP contribution in [0.2, 0.25) is 0 Å². The highest BCUT2D eigenvalue weighted by Gasteiger charge is 2.23.